The summed E-state index contributed by atoms with van der Waals surface area (Å²) in [6.45, 7) is 0.479. The van der Waals surface area contributed by atoms with Crippen molar-refractivity contribution in [1.29, 1.82) is 0 Å². The van der Waals surface area contributed by atoms with Gasteiger partial charge >= 0.3 is 0 Å². The van der Waals surface area contributed by atoms with Crippen LogP contribution in [0.4, 0.5) is 11.4 Å². The normalized spacial score (nSPS) is 11.4. The Morgan fingerprint density at radius 3 is 2.84 bits per heavy atom. The number of nitrogens with one attached hydrogen (secondary N) is 3. The number of H-pyrrole nitrogens is 1. The van der Waals surface area contributed by atoms with Gasteiger partial charge in [0.25, 0.3) is 0 Å². The van der Waals surface area contributed by atoms with Crippen molar-refractivity contribution >= 4 is 21.4 Å². The molecule has 7 nitrogen and oxygen atoms in total. The molecule has 0 bridgehead atoms. The van der Waals surface area contributed by atoms with Gasteiger partial charge in [0.2, 0.25) is 10.0 Å². The van der Waals surface area contributed by atoms with Gasteiger partial charge in [-0.3, -0.25) is 0 Å². The SMILES string of the molecule is CNS(=O)(=O)c1ccc(N)c(NCc2cnc[nH]2)c1. The molecule has 0 unspecified atom stereocenters. The lowest BCUT2D eigenvalue weighted by Gasteiger charge is -2.10. The second-order valence-electron chi connectivity index (χ2n) is 3.89. The molecule has 0 spiro atoms. The Bertz CT molecular complexity index is 652. The third kappa shape index (κ3) is 3.04. The highest BCUT2D eigenvalue weighted by Gasteiger charge is 2.13. The molecule has 0 atom stereocenters. The summed E-state index contributed by atoms with van der Waals surface area (Å²) in [4.78, 5) is 7.00. The molecule has 0 amide bonds. The Morgan fingerprint density at radius 1 is 1.42 bits per heavy atom. The molecule has 5 N–H and O–H groups in total. The monoisotopic (exact) mass is 281 g/mol. The summed E-state index contributed by atoms with van der Waals surface area (Å²) in [5.74, 6) is 0. The van der Waals surface area contributed by atoms with E-state index in [2.05, 4.69) is 20.0 Å². The Hall–Kier alpha value is -2.06. The maximum Gasteiger partial charge on any atom is 0.240 e. The summed E-state index contributed by atoms with van der Waals surface area (Å²) in [6, 6.07) is 4.51. The second-order valence-corrected chi connectivity index (χ2v) is 5.77. The van der Waals surface area contributed by atoms with E-state index in [1.165, 1.54) is 19.2 Å². The molecule has 0 saturated carbocycles. The Kier molecular flexibility index (Phi) is 3.72. The predicted molar refractivity (Wildman–Crippen MR) is 73.0 cm³/mol. The van der Waals surface area contributed by atoms with Crippen molar-refractivity contribution in [3.8, 4) is 0 Å². The highest BCUT2D eigenvalue weighted by molar-refractivity contribution is 7.89. The highest BCUT2D eigenvalue weighted by Crippen LogP contribution is 2.23. The molecule has 1 aromatic heterocycles. The largest absolute Gasteiger partial charge is 0.397 e. The average Bonchev–Trinajstić information content (AvgIpc) is 2.90. The fourth-order valence-electron chi connectivity index (χ4n) is 1.55. The van der Waals surface area contributed by atoms with E-state index >= 15 is 0 Å². The van der Waals surface area contributed by atoms with Gasteiger partial charge in [-0.15, -0.1) is 0 Å². The molecule has 1 aromatic carbocycles. The van der Waals surface area contributed by atoms with Crippen LogP contribution in [0.15, 0.2) is 35.6 Å². The Balaban J connectivity index is 2.22. The lowest BCUT2D eigenvalue weighted by atomic mass is 10.2. The van der Waals surface area contributed by atoms with Gasteiger partial charge in [-0.1, -0.05) is 0 Å². The number of nitrogens with zero attached hydrogens (tertiary/aromatic N) is 1. The van der Waals surface area contributed by atoms with Crippen molar-refractivity contribution < 1.29 is 8.42 Å². The summed E-state index contributed by atoms with van der Waals surface area (Å²) in [7, 11) is -2.11. The van der Waals surface area contributed by atoms with E-state index in [1.54, 1.807) is 18.6 Å². The molecule has 102 valence electrons. The van der Waals surface area contributed by atoms with Crippen LogP contribution in [0.5, 0.6) is 0 Å². The van der Waals surface area contributed by atoms with Crippen molar-refractivity contribution in [1.82, 2.24) is 14.7 Å². The van der Waals surface area contributed by atoms with Crippen molar-refractivity contribution in [3.05, 3.63) is 36.4 Å². The lowest BCUT2D eigenvalue weighted by Crippen LogP contribution is -2.18. The van der Waals surface area contributed by atoms with Crippen LogP contribution in [0.2, 0.25) is 0 Å². The van der Waals surface area contributed by atoms with Gasteiger partial charge in [0.15, 0.2) is 0 Å². The van der Waals surface area contributed by atoms with Crippen molar-refractivity contribution in [2.75, 3.05) is 18.1 Å². The number of anilines is 2. The standard InChI is InChI=1S/C11H15N5O2S/c1-13-19(17,18)9-2-3-10(12)11(4-9)15-6-8-5-14-7-16-8/h2-5,7,13,15H,6,12H2,1H3,(H,14,16). The third-order valence-electron chi connectivity index (χ3n) is 2.63. The van der Waals surface area contributed by atoms with Crippen LogP contribution in [0.25, 0.3) is 0 Å². The molecule has 2 aromatic rings. The number of rotatable bonds is 5. The summed E-state index contributed by atoms with van der Waals surface area (Å²) in [5, 5.41) is 3.06. The van der Waals surface area contributed by atoms with Crippen LogP contribution >= 0.6 is 0 Å². The number of sulfonamides is 1. The van der Waals surface area contributed by atoms with Crippen molar-refractivity contribution in [2.45, 2.75) is 11.4 Å². The molecule has 19 heavy (non-hydrogen) atoms. The number of benzene rings is 1. The molecule has 0 radical (unpaired) electrons. The molecule has 0 saturated heterocycles. The zero-order valence-electron chi connectivity index (χ0n) is 10.3. The molecule has 1 heterocycles. The van der Waals surface area contributed by atoms with Gasteiger partial charge in [0.05, 0.1) is 34.8 Å². The molecule has 0 aliphatic rings. The first-order chi connectivity index (χ1) is 9.03. The van der Waals surface area contributed by atoms with E-state index < -0.39 is 10.0 Å². The van der Waals surface area contributed by atoms with Crippen molar-refractivity contribution in [3.63, 3.8) is 0 Å². The topological polar surface area (TPSA) is 113 Å². The minimum atomic E-state index is -3.48. The highest BCUT2D eigenvalue weighted by atomic mass is 32.2. The molecule has 0 aliphatic carbocycles. The van der Waals surface area contributed by atoms with E-state index in [1.807, 2.05) is 0 Å². The van der Waals surface area contributed by atoms with E-state index in [0.717, 1.165) is 5.69 Å². The van der Waals surface area contributed by atoms with Crippen molar-refractivity contribution in [2.24, 2.45) is 0 Å². The summed E-state index contributed by atoms with van der Waals surface area (Å²) in [5.41, 5.74) is 7.73. The third-order valence-corrected chi connectivity index (χ3v) is 4.04. The number of imidazole rings is 1. The molecule has 8 heteroatoms. The number of aromatic amines is 1. The number of nitrogens with two attached hydrogens (primary N) is 1. The van der Waals surface area contributed by atoms with E-state index in [0.29, 0.717) is 17.9 Å². The minimum Gasteiger partial charge on any atom is -0.397 e. The van der Waals surface area contributed by atoms with E-state index in [9.17, 15) is 8.42 Å². The predicted octanol–water partition coefficient (Wildman–Crippen LogP) is 0.512. The van der Waals surface area contributed by atoms with Crippen LogP contribution in [-0.2, 0) is 16.6 Å². The summed E-state index contributed by atoms with van der Waals surface area (Å²) >= 11 is 0. The summed E-state index contributed by atoms with van der Waals surface area (Å²) in [6.07, 6.45) is 3.25. The number of nitrogen functional groups attached to an aromatic ring is 1. The first-order valence-electron chi connectivity index (χ1n) is 5.57. The fourth-order valence-corrected chi connectivity index (χ4v) is 2.30. The molecule has 0 fully saturated rings. The van der Waals surface area contributed by atoms with Crippen LogP contribution in [0.3, 0.4) is 0 Å². The summed E-state index contributed by atoms with van der Waals surface area (Å²) < 4.78 is 25.7. The van der Waals surface area contributed by atoms with Gasteiger partial charge < -0.3 is 16.0 Å². The maximum absolute atomic E-state index is 11.7. The zero-order chi connectivity index (χ0) is 13.9. The molecule has 0 aliphatic heterocycles. The zero-order valence-corrected chi connectivity index (χ0v) is 11.2. The first-order valence-corrected chi connectivity index (χ1v) is 7.05. The fraction of sp³-hybridized carbons (Fsp3) is 0.182. The molecular weight excluding hydrogens is 266 g/mol. The van der Waals surface area contributed by atoms with Gasteiger partial charge in [-0.05, 0) is 25.2 Å². The quantitative estimate of drug-likeness (QED) is 0.596. The van der Waals surface area contributed by atoms with Crippen LogP contribution < -0.4 is 15.8 Å². The lowest BCUT2D eigenvalue weighted by molar-refractivity contribution is 0.588. The number of hydrogen-bond acceptors (Lipinski definition) is 5. The van der Waals surface area contributed by atoms with Gasteiger partial charge in [0.1, 0.15) is 0 Å². The molecular formula is C11H15N5O2S. The maximum atomic E-state index is 11.7. The molecule has 2 rings (SSSR count). The van der Waals surface area contributed by atoms with E-state index in [-0.39, 0.29) is 4.90 Å². The van der Waals surface area contributed by atoms with Crippen LogP contribution in [-0.4, -0.2) is 25.4 Å². The van der Waals surface area contributed by atoms with Gasteiger partial charge in [-0.2, -0.15) is 0 Å². The van der Waals surface area contributed by atoms with Gasteiger partial charge in [0, 0.05) is 6.20 Å². The number of hydrogen-bond donors (Lipinski definition) is 4. The number of aromatic nitrogens is 2. The van der Waals surface area contributed by atoms with Crippen LogP contribution in [0.1, 0.15) is 5.69 Å². The Morgan fingerprint density at radius 2 is 2.21 bits per heavy atom. The van der Waals surface area contributed by atoms with E-state index in [4.69, 9.17) is 5.73 Å². The van der Waals surface area contributed by atoms with Gasteiger partial charge in [-0.25, -0.2) is 18.1 Å². The Labute approximate surface area is 111 Å². The minimum absolute atomic E-state index is 0.163. The first kappa shape index (κ1) is 13.4. The average molecular weight is 281 g/mol. The second kappa shape index (κ2) is 5.29. The smallest absolute Gasteiger partial charge is 0.240 e. The van der Waals surface area contributed by atoms with Crippen LogP contribution in [0, 0.1) is 0 Å².